The number of anilines is 1. The van der Waals surface area contributed by atoms with Gasteiger partial charge < -0.3 is 15.7 Å². The number of rotatable bonds is 3. The molecule has 3 rings (SSSR count). The van der Waals surface area contributed by atoms with Gasteiger partial charge in [-0.3, -0.25) is 0 Å². The molecule has 1 aromatic rings. The molecule has 3 atom stereocenters. The van der Waals surface area contributed by atoms with Gasteiger partial charge in [0.05, 0.1) is 0 Å². The maximum Gasteiger partial charge on any atom is 0.115 e. The summed E-state index contributed by atoms with van der Waals surface area (Å²) in [4.78, 5) is 0. The van der Waals surface area contributed by atoms with Crippen LogP contribution in [0.4, 0.5) is 5.69 Å². The summed E-state index contributed by atoms with van der Waals surface area (Å²) in [5.41, 5.74) is 1.13. The molecule has 1 aliphatic heterocycles. The number of benzene rings is 1. The molecular formula is C16H24N2O. The minimum atomic E-state index is 0.336. The Labute approximate surface area is 115 Å². The molecule has 0 spiro atoms. The first kappa shape index (κ1) is 12.8. The SMILES string of the molecule is Oc1ccc(NC2CCCC2C2CCCCN2)cc1. The predicted octanol–water partition coefficient (Wildman–Crippen LogP) is 3.11. The highest BCUT2D eigenvalue weighted by molar-refractivity contribution is 5.47. The van der Waals surface area contributed by atoms with Crippen LogP contribution in [0.25, 0.3) is 0 Å². The lowest BCUT2D eigenvalue weighted by molar-refractivity contribution is 0.286. The Morgan fingerprint density at radius 1 is 1.00 bits per heavy atom. The first-order valence-electron chi connectivity index (χ1n) is 7.62. The summed E-state index contributed by atoms with van der Waals surface area (Å²) in [6.45, 7) is 1.19. The molecular weight excluding hydrogens is 236 g/mol. The minimum absolute atomic E-state index is 0.336. The van der Waals surface area contributed by atoms with Crippen molar-refractivity contribution < 1.29 is 5.11 Å². The summed E-state index contributed by atoms with van der Waals surface area (Å²) in [5, 5.41) is 16.7. The second-order valence-electron chi connectivity index (χ2n) is 5.95. The van der Waals surface area contributed by atoms with Crippen molar-refractivity contribution in [3.05, 3.63) is 24.3 Å². The van der Waals surface area contributed by atoms with Crippen LogP contribution in [0.1, 0.15) is 38.5 Å². The molecule has 1 saturated carbocycles. The van der Waals surface area contributed by atoms with Crippen molar-refractivity contribution in [3.63, 3.8) is 0 Å². The van der Waals surface area contributed by atoms with Gasteiger partial charge in [-0.1, -0.05) is 12.8 Å². The average molecular weight is 260 g/mol. The van der Waals surface area contributed by atoms with Crippen LogP contribution in [0.5, 0.6) is 5.75 Å². The number of hydrogen-bond donors (Lipinski definition) is 3. The zero-order chi connectivity index (χ0) is 13.1. The largest absolute Gasteiger partial charge is 0.508 e. The average Bonchev–Trinajstić information content (AvgIpc) is 2.90. The second kappa shape index (κ2) is 5.83. The molecule has 1 saturated heterocycles. The third kappa shape index (κ3) is 3.03. The van der Waals surface area contributed by atoms with Crippen LogP contribution in [0.15, 0.2) is 24.3 Å². The summed E-state index contributed by atoms with van der Waals surface area (Å²) < 4.78 is 0. The first-order valence-corrected chi connectivity index (χ1v) is 7.62. The van der Waals surface area contributed by atoms with Crippen molar-refractivity contribution >= 4 is 5.69 Å². The molecule has 1 aliphatic carbocycles. The van der Waals surface area contributed by atoms with E-state index < -0.39 is 0 Å². The molecule has 1 heterocycles. The maximum atomic E-state index is 9.34. The monoisotopic (exact) mass is 260 g/mol. The molecule has 3 nitrogen and oxygen atoms in total. The van der Waals surface area contributed by atoms with Gasteiger partial charge >= 0.3 is 0 Å². The van der Waals surface area contributed by atoms with Gasteiger partial charge in [0, 0.05) is 17.8 Å². The highest BCUT2D eigenvalue weighted by Crippen LogP contribution is 2.33. The number of nitrogens with one attached hydrogen (secondary N) is 2. The molecule has 0 bridgehead atoms. The highest BCUT2D eigenvalue weighted by Gasteiger charge is 2.34. The van der Waals surface area contributed by atoms with Gasteiger partial charge in [0.15, 0.2) is 0 Å². The van der Waals surface area contributed by atoms with E-state index in [1.165, 1.54) is 45.1 Å². The smallest absolute Gasteiger partial charge is 0.115 e. The summed E-state index contributed by atoms with van der Waals surface area (Å²) in [7, 11) is 0. The lowest BCUT2D eigenvalue weighted by Gasteiger charge is -2.33. The Kier molecular flexibility index (Phi) is 3.92. The van der Waals surface area contributed by atoms with Crippen LogP contribution in [0.2, 0.25) is 0 Å². The molecule has 104 valence electrons. The van der Waals surface area contributed by atoms with E-state index in [-0.39, 0.29) is 0 Å². The number of phenolic OH excluding ortho intramolecular Hbond substituents is 1. The topological polar surface area (TPSA) is 44.3 Å². The van der Waals surface area contributed by atoms with Gasteiger partial charge in [-0.2, -0.15) is 0 Å². The van der Waals surface area contributed by atoms with Crippen LogP contribution in [-0.2, 0) is 0 Å². The lowest BCUT2D eigenvalue weighted by atomic mass is 9.88. The summed E-state index contributed by atoms with van der Waals surface area (Å²) in [6.07, 6.45) is 7.98. The van der Waals surface area contributed by atoms with Crippen molar-refractivity contribution in [2.45, 2.75) is 50.6 Å². The molecule has 3 heteroatoms. The second-order valence-corrected chi connectivity index (χ2v) is 5.95. The van der Waals surface area contributed by atoms with E-state index in [1.54, 1.807) is 12.1 Å². The van der Waals surface area contributed by atoms with Gasteiger partial charge in [0.1, 0.15) is 5.75 Å². The van der Waals surface area contributed by atoms with E-state index in [0.29, 0.717) is 17.8 Å². The van der Waals surface area contributed by atoms with Crippen molar-refractivity contribution in [1.29, 1.82) is 0 Å². The van der Waals surface area contributed by atoms with Crippen LogP contribution in [-0.4, -0.2) is 23.7 Å². The van der Waals surface area contributed by atoms with E-state index in [2.05, 4.69) is 10.6 Å². The number of piperidine rings is 1. The molecule has 2 fully saturated rings. The van der Waals surface area contributed by atoms with Crippen molar-refractivity contribution in [3.8, 4) is 5.75 Å². The van der Waals surface area contributed by atoms with Crippen LogP contribution < -0.4 is 10.6 Å². The van der Waals surface area contributed by atoms with Crippen LogP contribution >= 0.6 is 0 Å². The van der Waals surface area contributed by atoms with Crippen LogP contribution in [0.3, 0.4) is 0 Å². The summed E-state index contributed by atoms with van der Waals surface area (Å²) >= 11 is 0. The molecule has 3 N–H and O–H groups in total. The standard InChI is InChI=1S/C16H24N2O/c19-13-9-7-12(8-10-13)18-16-6-3-4-14(16)15-5-1-2-11-17-15/h7-10,14-19H,1-6,11H2. The molecule has 0 amide bonds. The van der Waals surface area contributed by atoms with E-state index in [9.17, 15) is 5.11 Å². The van der Waals surface area contributed by atoms with E-state index in [4.69, 9.17) is 0 Å². The van der Waals surface area contributed by atoms with Crippen molar-refractivity contribution in [1.82, 2.24) is 5.32 Å². The Morgan fingerprint density at radius 3 is 2.58 bits per heavy atom. The van der Waals surface area contributed by atoms with Gasteiger partial charge in [0.25, 0.3) is 0 Å². The minimum Gasteiger partial charge on any atom is -0.508 e. The van der Waals surface area contributed by atoms with E-state index in [1.807, 2.05) is 12.1 Å². The molecule has 1 aromatic carbocycles. The predicted molar refractivity (Wildman–Crippen MR) is 78.5 cm³/mol. The van der Waals surface area contributed by atoms with E-state index in [0.717, 1.165) is 11.6 Å². The number of phenols is 1. The van der Waals surface area contributed by atoms with Gasteiger partial charge in [0.2, 0.25) is 0 Å². The molecule has 19 heavy (non-hydrogen) atoms. The maximum absolute atomic E-state index is 9.34. The normalized spacial score (nSPS) is 31.3. The third-order valence-corrected chi connectivity index (χ3v) is 4.65. The quantitative estimate of drug-likeness (QED) is 0.732. The third-order valence-electron chi connectivity index (χ3n) is 4.65. The molecule has 0 radical (unpaired) electrons. The number of hydrogen-bond acceptors (Lipinski definition) is 3. The molecule has 2 aliphatic rings. The summed E-state index contributed by atoms with van der Waals surface area (Å²) in [6, 6.07) is 8.74. The fourth-order valence-electron chi connectivity index (χ4n) is 3.67. The Morgan fingerprint density at radius 2 is 1.84 bits per heavy atom. The fourth-order valence-corrected chi connectivity index (χ4v) is 3.67. The highest BCUT2D eigenvalue weighted by atomic mass is 16.3. The zero-order valence-corrected chi connectivity index (χ0v) is 11.4. The number of aromatic hydroxyl groups is 1. The van der Waals surface area contributed by atoms with Gasteiger partial charge in [-0.15, -0.1) is 0 Å². The fraction of sp³-hybridized carbons (Fsp3) is 0.625. The lowest BCUT2D eigenvalue weighted by Crippen LogP contribution is -2.44. The zero-order valence-electron chi connectivity index (χ0n) is 11.4. The van der Waals surface area contributed by atoms with Gasteiger partial charge in [-0.05, 0) is 62.4 Å². The van der Waals surface area contributed by atoms with Crippen molar-refractivity contribution in [2.24, 2.45) is 5.92 Å². The Balaban J connectivity index is 1.64. The first-order chi connectivity index (χ1) is 9.33. The molecule has 3 unspecified atom stereocenters. The van der Waals surface area contributed by atoms with Crippen LogP contribution in [0, 0.1) is 5.92 Å². The Hall–Kier alpha value is -1.22. The van der Waals surface area contributed by atoms with Crippen molar-refractivity contribution in [2.75, 3.05) is 11.9 Å². The van der Waals surface area contributed by atoms with E-state index >= 15 is 0 Å². The van der Waals surface area contributed by atoms with Gasteiger partial charge in [-0.25, -0.2) is 0 Å². The Bertz CT molecular complexity index is 398. The molecule has 0 aromatic heterocycles. The summed E-state index contributed by atoms with van der Waals surface area (Å²) in [5.74, 6) is 1.09.